The Bertz CT molecular complexity index is 610. The fourth-order valence-corrected chi connectivity index (χ4v) is 2.47. The van der Waals surface area contributed by atoms with Crippen LogP contribution in [0.4, 0.5) is 11.4 Å². The Morgan fingerprint density at radius 1 is 1.43 bits per heavy atom. The lowest BCUT2D eigenvalue weighted by atomic mass is 9.74. The van der Waals surface area contributed by atoms with E-state index in [0.29, 0.717) is 12.8 Å². The first-order valence-corrected chi connectivity index (χ1v) is 6.41. The summed E-state index contributed by atoms with van der Waals surface area (Å²) in [6.45, 7) is 0. The lowest BCUT2D eigenvalue weighted by Crippen LogP contribution is -2.46. The molecule has 1 aromatic rings. The summed E-state index contributed by atoms with van der Waals surface area (Å²) in [4.78, 5) is 32.6. The Kier molecular flexibility index (Phi) is 3.79. The first kappa shape index (κ1) is 14.8. The number of primary amides is 1. The van der Waals surface area contributed by atoms with Crippen LogP contribution in [0.25, 0.3) is 0 Å². The Morgan fingerprint density at radius 2 is 2.10 bits per heavy atom. The number of carbonyl (C=O) groups is 2. The molecule has 0 aromatic heterocycles. The van der Waals surface area contributed by atoms with Crippen molar-refractivity contribution in [3.8, 4) is 0 Å². The summed E-state index contributed by atoms with van der Waals surface area (Å²) in [5.41, 5.74) is 4.51. The number of benzene rings is 1. The van der Waals surface area contributed by atoms with Crippen LogP contribution in [-0.2, 0) is 4.79 Å². The third-order valence-corrected chi connectivity index (χ3v) is 3.68. The van der Waals surface area contributed by atoms with E-state index in [9.17, 15) is 19.7 Å². The normalized spacial score (nSPS) is 15.8. The number of aliphatic carboxylic acids is 1. The second kappa shape index (κ2) is 5.39. The minimum absolute atomic E-state index is 0.122. The standard InChI is InChI=1S/C13H15N3O5/c14-12(19)8-2-3-10(16(20)21)9(6-8)15-13(4-1-5-13)7-11(17)18/h2-3,6,15H,1,4-5,7H2,(H2,14,19)(H,17,18). The molecule has 21 heavy (non-hydrogen) atoms. The van der Waals surface area contributed by atoms with Crippen molar-refractivity contribution in [1.29, 1.82) is 0 Å². The maximum absolute atomic E-state index is 11.2. The highest BCUT2D eigenvalue weighted by Crippen LogP contribution is 2.40. The first-order valence-electron chi connectivity index (χ1n) is 6.41. The molecular weight excluding hydrogens is 278 g/mol. The van der Waals surface area contributed by atoms with E-state index < -0.39 is 22.3 Å². The van der Waals surface area contributed by atoms with Gasteiger partial charge in [-0.05, 0) is 31.4 Å². The predicted octanol–water partition coefficient (Wildman–Crippen LogP) is 1.50. The molecule has 1 aliphatic carbocycles. The highest BCUT2D eigenvalue weighted by atomic mass is 16.6. The molecule has 0 unspecified atom stereocenters. The van der Waals surface area contributed by atoms with Crippen molar-refractivity contribution in [1.82, 2.24) is 0 Å². The molecule has 8 nitrogen and oxygen atoms in total. The van der Waals surface area contributed by atoms with Crippen molar-refractivity contribution in [3.05, 3.63) is 33.9 Å². The van der Waals surface area contributed by atoms with Crippen LogP contribution in [-0.4, -0.2) is 27.4 Å². The quantitative estimate of drug-likeness (QED) is 0.537. The predicted molar refractivity (Wildman–Crippen MR) is 74.1 cm³/mol. The number of amides is 1. The lowest BCUT2D eigenvalue weighted by molar-refractivity contribution is -0.384. The number of nitrogens with zero attached hydrogens (tertiary/aromatic N) is 1. The topological polar surface area (TPSA) is 136 Å². The number of anilines is 1. The molecule has 1 amide bonds. The Labute approximate surface area is 120 Å². The van der Waals surface area contributed by atoms with Gasteiger partial charge in [-0.3, -0.25) is 19.7 Å². The van der Waals surface area contributed by atoms with E-state index in [2.05, 4.69) is 5.32 Å². The number of hydrogen-bond acceptors (Lipinski definition) is 5. The lowest BCUT2D eigenvalue weighted by Gasteiger charge is -2.42. The number of nitro groups is 1. The van der Waals surface area contributed by atoms with Crippen LogP contribution in [0.15, 0.2) is 18.2 Å². The average Bonchev–Trinajstić information content (AvgIpc) is 2.35. The van der Waals surface area contributed by atoms with E-state index in [1.807, 2.05) is 0 Å². The van der Waals surface area contributed by atoms with E-state index in [-0.39, 0.29) is 23.4 Å². The molecule has 1 fully saturated rings. The van der Waals surface area contributed by atoms with Crippen molar-refractivity contribution >= 4 is 23.3 Å². The number of nitrogens with two attached hydrogens (primary N) is 1. The van der Waals surface area contributed by atoms with Gasteiger partial charge in [-0.1, -0.05) is 0 Å². The van der Waals surface area contributed by atoms with Crippen LogP contribution < -0.4 is 11.1 Å². The van der Waals surface area contributed by atoms with Gasteiger partial charge in [0.15, 0.2) is 0 Å². The fourth-order valence-electron chi connectivity index (χ4n) is 2.47. The number of nitro benzene ring substituents is 1. The van der Waals surface area contributed by atoms with Gasteiger partial charge in [0, 0.05) is 17.2 Å². The first-order chi connectivity index (χ1) is 9.83. The van der Waals surface area contributed by atoms with E-state index in [1.54, 1.807) is 0 Å². The Balaban J connectivity index is 2.36. The zero-order chi connectivity index (χ0) is 15.6. The van der Waals surface area contributed by atoms with Gasteiger partial charge in [-0.15, -0.1) is 0 Å². The van der Waals surface area contributed by atoms with Crippen molar-refractivity contribution in [3.63, 3.8) is 0 Å². The van der Waals surface area contributed by atoms with Gasteiger partial charge < -0.3 is 16.2 Å². The number of hydrogen-bond donors (Lipinski definition) is 3. The monoisotopic (exact) mass is 293 g/mol. The van der Waals surface area contributed by atoms with Gasteiger partial charge in [0.25, 0.3) is 5.69 Å². The highest BCUT2D eigenvalue weighted by Gasteiger charge is 2.40. The third-order valence-electron chi connectivity index (χ3n) is 3.68. The summed E-state index contributed by atoms with van der Waals surface area (Å²) < 4.78 is 0. The maximum atomic E-state index is 11.2. The largest absolute Gasteiger partial charge is 0.481 e. The molecule has 112 valence electrons. The summed E-state index contributed by atoms with van der Waals surface area (Å²) in [7, 11) is 0. The summed E-state index contributed by atoms with van der Waals surface area (Å²) in [6.07, 6.45) is 1.93. The number of carbonyl (C=O) groups excluding carboxylic acids is 1. The molecule has 1 saturated carbocycles. The molecule has 0 atom stereocenters. The van der Waals surface area contributed by atoms with Crippen molar-refractivity contribution in [2.75, 3.05) is 5.32 Å². The molecule has 1 aliphatic rings. The summed E-state index contributed by atoms with van der Waals surface area (Å²) >= 11 is 0. The van der Waals surface area contributed by atoms with E-state index in [1.165, 1.54) is 18.2 Å². The van der Waals surface area contributed by atoms with E-state index in [4.69, 9.17) is 10.8 Å². The van der Waals surface area contributed by atoms with Crippen LogP contribution in [0.1, 0.15) is 36.0 Å². The zero-order valence-electron chi connectivity index (χ0n) is 11.2. The van der Waals surface area contributed by atoms with Crippen LogP contribution in [0.3, 0.4) is 0 Å². The number of nitrogens with one attached hydrogen (secondary N) is 1. The zero-order valence-corrected chi connectivity index (χ0v) is 11.2. The van der Waals surface area contributed by atoms with Crippen molar-refractivity contribution in [2.24, 2.45) is 5.73 Å². The van der Waals surface area contributed by atoms with Crippen molar-refractivity contribution in [2.45, 2.75) is 31.2 Å². The summed E-state index contributed by atoms with van der Waals surface area (Å²) in [5.74, 6) is -1.68. The minimum Gasteiger partial charge on any atom is -0.481 e. The number of carboxylic acid groups (broad SMARTS) is 1. The van der Waals surface area contributed by atoms with Gasteiger partial charge in [-0.2, -0.15) is 0 Å². The SMILES string of the molecule is NC(=O)c1ccc([N+](=O)[O-])c(NC2(CC(=O)O)CCC2)c1. The van der Waals surface area contributed by atoms with Crippen LogP contribution in [0.2, 0.25) is 0 Å². The second-order valence-corrected chi connectivity index (χ2v) is 5.18. The molecule has 0 spiro atoms. The molecule has 0 heterocycles. The molecule has 8 heteroatoms. The van der Waals surface area contributed by atoms with Crippen molar-refractivity contribution < 1.29 is 19.6 Å². The molecule has 0 radical (unpaired) electrons. The molecule has 0 bridgehead atoms. The van der Waals surface area contributed by atoms with Crippen LogP contribution in [0.5, 0.6) is 0 Å². The van der Waals surface area contributed by atoms with E-state index >= 15 is 0 Å². The number of carboxylic acids is 1. The molecule has 0 aliphatic heterocycles. The number of rotatable bonds is 6. The van der Waals surface area contributed by atoms with Gasteiger partial charge >= 0.3 is 5.97 Å². The molecule has 4 N–H and O–H groups in total. The minimum atomic E-state index is -0.976. The molecule has 2 rings (SSSR count). The van der Waals surface area contributed by atoms with Crippen LogP contribution in [0, 0.1) is 10.1 Å². The summed E-state index contributed by atoms with van der Waals surface area (Å²) in [5, 5.41) is 23.0. The van der Waals surface area contributed by atoms with Gasteiger partial charge in [0.1, 0.15) is 5.69 Å². The maximum Gasteiger partial charge on any atom is 0.305 e. The molecular formula is C13H15N3O5. The van der Waals surface area contributed by atoms with Crippen LogP contribution >= 0.6 is 0 Å². The second-order valence-electron chi connectivity index (χ2n) is 5.18. The smallest absolute Gasteiger partial charge is 0.305 e. The highest BCUT2D eigenvalue weighted by molar-refractivity contribution is 5.94. The van der Waals surface area contributed by atoms with E-state index in [0.717, 1.165) is 6.42 Å². The van der Waals surface area contributed by atoms with Gasteiger partial charge in [0.05, 0.1) is 11.3 Å². The average molecular weight is 293 g/mol. The van der Waals surface area contributed by atoms with Gasteiger partial charge in [-0.25, -0.2) is 0 Å². The van der Waals surface area contributed by atoms with Gasteiger partial charge in [0.2, 0.25) is 5.91 Å². The molecule has 0 saturated heterocycles. The Hall–Kier alpha value is -2.64. The fraction of sp³-hybridized carbons (Fsp3) is 0.385. The summed E-state index contributed by atoms with van der Waals surface area (Å²) in [6, 6.07) is 3.76. The Morgan fingerprint density at radius 3 is 2.52 bits per heavy atom. The third kappa shape index (κ3) is 3.10. The molecule has 1 aromatic carbocycles.